The monoisotopic (exact) mass is 300 g/mol. The van der Waals surface area contributed by atoms with Gasteiger partial charge in [-0.3, -0.25) is 10.2 Å². The Labute approximate surface area is 127 Å². The second kappa shape index (κ2) is 8.12. The number of benzene rings is 1. The zero-order chi connectivity index (χ0) is 14.6. The Morgan fingerprint density at radius 2 is 1.80 bits per heavy atom. The molecule has 0 saturated heterocycles. The van der Waals surface area contributed by atoms with Crippen molar-refractivity contribution in [3.8, 4) is 5.75 Å². The van der Waals surface area contributed by atoms with Gasteiger partial charge in [-0.25, -0.2) is 5.84 Å². The average molecular weight is 301 g/mol. The van der Waals surface area contributed by atoms with Crippen molar-refractivity contribution < 1.29 is 9.90 Å². The van der Waals surface area contributed by atoms with E-state index in [1.165, 1.54) is 0 Å². The topological polar surface area (TPSA) is 75.4 Å². The lowest BCUT2D eigenvalue weighted by Gasteiger charge is -2.18. The summed E-state index contributed by atoms with van der Waals surface area (Å²) < 4.78 is 0. The van der Waals surface area contributed by atoms with Crippen LogP contribution in [0.15, 0.2) is 12.1 Å². The van der Waals surface area contributed by atoms with Crippen LogP contribution in [0.4, 0.5) is 0 Å². The number of nitrogens with one attached hydrogen (secondary N) is 1. The molecule has 0 radical (unpaired) electrons. The number of hydrogen-bond donors (Lipinski definition) is 3. The number of amides is 1. The highest BCUT2D eigenvalue weighted by Gasteiger charge is 2.20. The van der Waals surface area contributed by atoms with Gasteiger partial charge in [0, 0.05) is 0 Å². The maximum Gasteiger partial charge on any atom is 0.268 e. The summed E-state index contributed by atoms with van der Waals surface area (Å²) in [5, 5.41) is 10.3. The van der Waals surface area contributed by atoms with Gasteiger partial charge in [-0.05, 0) is 41.9 Å². The third kappa shape index (κ3) is 3.87. The van der Waals surface area contributed by atoms with E-state index in [9.17, 15) is 9.90 Å². The Kier molecular flexibility index (Phi) is 7.61. The number of nitrogens with two attached hydrogens (primary N) is 1. The van der Waals surface area contributed by atoms with Gasteiger partial charge in [0.05, 0.1) is 5.56 Å². The Morgan fingerprint density at radius 1 is 1.25 bits per heavy atom. The average Bonchev–Trinajstić information content (AvgIpc) is 2.44. The lowest BCUT2D eigenvalue weighted by atomic mass is 9.88. The van der Waals surface area contributed by atoms with Gasteiger partial charge in [-0.2, -0.15) is 0 Å². The van der Waals surface area contributed by atoms with Gasteiger partial charge in [0.1, 0.15) is 5.75 Å². The number of carbonyl (C=O) groups is 1. The van der Waals surface area contributed by atoms with Crippen LogP contribution in [0.3, 0.4) is 0 Å². The van der Waals surface area contributed by atoms with E-state index in [0.717, 1.165) is 24.0 Å². The van der Waals surface area contributed by atoms with Gasteiger partial charge < -0.3 is 5.11 Å². The Hall–Kier alpha value is -1.26. The molecule has 0 saturated carbocycles. The number of aromatic hydroxyl groups is 1. The first-order chi connectivity index (χ1) is 8.96. The first kappa shape index (κ1) is 18.7. The molecule has 0 spiro atoms. The molecule has 1 amide bonds. The fourth-order valence-corrected chi connectivity index (χ4v) is 2.05. The first-order valence-corrected chi connectivity index (χ1v) is 6.83. The Morgan fingerprint density at radius 3 is 2.25 bits per heavy atom. The van der Waals surface area contributed by atoms with E-state index in [1.54, 1.807) is 6.07 Å². The SMILES string of the molecule is CCC(C)c1cc(C(=O)NN)c(O)c(C(C)CC)c1.Cl. The number of hydrogen-bond acceptors (Lipinski definition) is 3. The molecule has 0 bridgehead atoms. The molecule has 1 aromatic rings. The molecular weight excluding hydrogens is 276 g/mol. The molecule has 0 aromatic heterocycles. The van der Waals surface area contributed by atoms with Crippen molar-refractivity contribution >= 4 is 18.3 Å². The minimum atomic E-state index is -0.452. The molecule has 2 unspecified atom stereocenters. The maximum atomic E-state index is 11.8. The fraction of sp³-hybridized carbons (Fsp3) is 0.533. The molecule has 5 heteroatoms. The van der Waals surface area contributed by atoms with Crippen molar-refractivity contribution in [2.75, 3.05) is 0 Å². The van der Waals surface area contributed by atoms with Crippen LogP contribution in [0.1, 0.15) is 73.9 Å². The highest BCUT2D eigenvalue weighted by Crippen LogP contribution is 2.35. The van der Waals surface area contributed by atoms with Crippen molar-refractivity contribution in [3.63, 3.8) is 0 Å². The molecule has 0 fully saturated rings. The number of carbonyl (C=O) groups excluding carboxylic acids is 1. The smallest absolute Gasteiger partial charge is 0.268 e. The van der Waals surface area contributed by atoms with E-state index in [2.05, 4.69) is 26.2 Å². The normalized spacial score (nSPS) is 13.2. The summed E-state index contributed by atoms with van der Waals surface area (Å²) in [4.78, 5) is 11.8. The van der Waals surface area contributed by atoms with Crippen LogP contribution in [0.25, 0.3) is 0 Å². The lowest BCUT2D eigenvalue weighted by Crippen LogP contribution is -2.30. The minimum absolute atomic E-state index is 0. The van der Waals surface area contributed by atoms with E-state index in [-0.39, 0.29) is 29.6 Å². The van der Waals surface area contributed by atoms with Crippen molar-refractivity contribution in [3.05, 3.63) is 28.8 Å². The molecule has 1 aromatic carbocycles. The van der Waals surface area contributed by atoms with Crippen LogP contribution in [0.2, 0.25) is 0 Å². The molecule has 0 aliphatic rings. The Bertz CT molecular complexity index is 463. The molecule has 4 N–H and O–H groups in total. The number of phenols is 1. The van der Waals surface area contributed by atoms with Crippen LogP contribution in [-0.2, 0) is 0 Å². The highest BCUT2D eigenvalue weighted by molar-refractivity contribution is 5.97. The minimum Gasteiger partial charge on any atom is -0.507 e. The van der Waals surface area contributed by atoms with Gasteiger partial charge in [-0.1, -0.05) is 33.8 Å². The lowest BCUT2D eigenvalue weighted by molar-refractivity contribution is 0.0950. The van der Waals surface area contributed by atoms with E-state index in [0.29, 0.717) is 5.92 Å². The van der Waals surface area contributed by atoms with Crippen LogP contribution >= 0.6 is 12.4 Å². The highest BCUT2D eigenvalue weighted by atomic mass is 35.5. The molecular formula is C15H25ClN2O2. The number of rotatable bonds is 5. The maximum absolute atomic E-state index is 11.8. The second-order valence-electron chi connectivity index (χ2n) is 5.10. The predicted molar refractivity (Wildman–Crippen MR) is 84.4 cm³/mol. The van der Waals surface area contributed by atoms with E-state index in [1.807, 2.05) is 13.0 Å². The van der Waals surface area contributed by atoms with Gasteiger partial charge in [0.25, 0.3) is 5.91 Å². The van der Waals surface area contributed by atoms with Crippen LogP contribution in [0.5, 0.6) is 5.75 Å². The zero-order valence-corrected chi connectivity index (χ0v) is 13.4. The second-order valence-corrected chi connectivity index (χ2v) is 5.10. The molecule has 20 heavy (non-hydrogen) atoms. The van der Waals surface area contributed by atoms with E-state index in [4.69, 9.17) is 5.84 Å². The number of nitrogen functional groups attached to an aromatic ring is 1. The van der Waals surface area contributed by atoms with Crippen molar-refractivity contribution in [2.45, 2.75) is 52.4 Å². The largest absolute Gasteiger partial charge is 0.507 e. The summed E-state index contributed by atoms with van der Waals surface area (Å²) in [5.74, 6) is 5.32. The standard InChI is InChI=1S/C15H24N2O2.ClH/c1-5-9(3)11-7-12(10(4)6-2)14(18)13(8-11)15(19)17-16;/h7-10,18H,5-6,16H2,1-4H3,(H,17,19);1H. The van der Waals surface area contributed by atoms with Gasteiger partial charge in [0.2, 0.25) is 0 Å². The summed E-state index contributed by atoms with van der Waals surface area (Å²) in [7, 11) is 0. The number of phenolic OH excluding ortho intramolecular Hbond substituents is 1. The van der Waals surface area contributed by atoms with Crippen molar-refractivity contribution in [1.29, 1.82) is 0 Å². The molecule has 114 valence electrons. The molecule has 0 heterocycles. The van der Waals surface area contributed by atoms with E-state index < -0.39 is 5.91 Å². The summed E-state index contributed by atoms with van der Waals surface area (Å²) in [6.45, 7) is 8.31. The van der Waals surface area contributed by atoms with Crippen molar-refractivity contribution in [1.82, 2.24) is 5.43 Å². The van der Waals surface area contributed by atoms with E-state index >= 15 is 0 Å². The quantitative estimate of drug-likeness (QED) is 0.443. The molecule has 0 aliphatic heterocycles. The summed E-state index contributed by atoms with van der Waals surface area (Å²) in [5.41, 5.74) is 4.23. The summed E-state index contributed by atoms with van der Waals surface area (Å²) in [6.07, 6.45) is 1.88. The number of halogens is 1. The third-order valence-electron chi connectivity index (χ3n) is 3.86. The molecule has 4 nitrogen and oxygen atoms in total. The van der Waals surface area contributed by atoms with Gasteiger partial charge in [-0.15, -0.1) is 12.4 Å². The molecule has 0 aliphatic carbocycles. The summed E-state index contributed by atoms with van der Waals surface area (Å²) >= 11 is 0. The zero-order valence-electron chi connectivity index (χ0n) is 12.6. The van der Waals surface area contributed by atoms with Crippen LogP contribution in [-0.4, -0.2) is 11.0 Å². The molecule has 1 rings (SSSR count). The Balaban J connectivity index is 0.00000361. The summed E-state index contributed by atoms with van der Waals surface area (Å²) in [6, 6.07) is 3.74. The number of hydrazine groups is 1. The fourth-order valence-electron chi connectivity index (χ4n) is 2.05. The van der Waals surface area contributed by atoms with Crippen LogP contribution in [0, 0.1) is 0 Å². The predicted octanol–water partition coefficient (Wildman–Crippen LogP) is 3.44. The van der Waals surface area contributed by atoms with Gasteiger partial charge >= 0.3 is 0 Å². The first-order valence-electron chi connectivity index (χ1n) is 6.83. The molecule has 2 atom stereocenters. The van der Waals surface area contributed by atoms with Crippen molar-refractivity contribution in [2.24, 2.45) is 5.84 Å². The van der Waals surface area contributed by atoms with Crippen LogP contribution < -0.4 is 11.3 Å². The third-order valence-corrected chi connectivity index (χ3v) is 3.86. The van der Waals surface area contributed by atoms with Gasteiger partial charge in [0.15, 0.2) is 0 Å².